The number of aliphatic hydroxyl groups is 1. The molecule has 0 atom stereocenters. The SMILES string of the molecule is CCOC(=O)C(/C=N\CS(=O)(=O)c1ccc(C)cc1)=C(/O)CCl. The Labute approximate surface area is 140 Å². The zero-order valence-corrected chi connectivity index (χ0v) is 14.4. The smallest absolute Gasteiger partial charge is 0.343 e. The van der Waals surface area contributed by atoms with Gasteiger partial charge in [0, 0.05) is 6.21 Å². The number of carbonyl (C=O) groups excluding carboxylic acids is 1. The highest BCUT2D eigenvalue weighted by atomic mass is 35.5. The molecule has 0 heterocycles. The molecule has 0 fully saturated rings. The summed E-state index contributed by atoms with van der Waals surface area (Å²) in [6.07, 6.45) is 0.960. The van der Waals surface area contributed by atoms with Crippen LogP contribution in [0.3, 0.4) is 0 Å². The number of aryl methyl sites for hydroxylation is 1. The standard InChI is InChI=1S/C15H18ClNO5S/c1-3-22-15(19)13(14(18)8-16)9-17-10-23(20,21)12-6-4-11(2)5-7-12/h4-7,9,18H,3,8,10H2,1-2H3/b14-13+,17-9-. The minimum atomic E-state index is -3.63. The summed E-state index contributed by atoms with van der Waals surface area (Å²) >= 11 is 5.47. The summed E-state index contributed by atoms with van der Waals surface area (Å²) in [5.41, 5.74) is 0.674. The molecule has 23 heavy (non-hydrogen) atoms. The van der Waals surface area contributed by atoms with Gasteiger partial charge in [0.2, 0.25) is 0 Å². The van der Waals surface area contributed by atoms with Crippen molar-refractivity contribution in [2.45, 2.75) is 18.7 Å². The molecule has 126 valence electrons. The number of allylic oxidation sites excluding steroid dienone is 1. The fourth-order valence-electron chi connectivity index (χ4n) is 1.57. The topological polar surface area (TPSA) is 93.0 Å². The van der Waals surface area contributed by atoms with E-state index in [0.29, 0.717) is 0 Å². The largest absolute Gasteiger partial charge is 0.510 e. The van der Waals surface area contributed by atoms with Crippen molar-refractivity contribution >= 4 is 33.6 Å². The number of sulfone groups is 1. The van der Waals surface area contributed by atoms with Crippen LogP contribution in [-0.2, 0) is 19.4 Å². The Morgan fingerprint density at radius 3 is 2.48 bits per heavy atom. The van der Waals surface area contributed by atoms with Crippen LogP contribution < -0.4 is 0 Å². The van der Waals surface area contributed by atoms with E-state index in [-0.39, 0.29) is 23.0 Å². The van der Waals surface area contributed by atoms with E-state index in [0.717, 1.165) is 11.8 Å². The molecule has 1 N–H and O–H groups in total. The van der Waals surface area contributed by atoms with E-state index in [1.165, 1.54) is 12.1 Å². The molecule has 6 nitrogen and oxygen atoms in total. The number of aliphatic imine (C=N–C) groups is 1. The summed E-state index contributed by atoms with van der Waals surface area (Å²) in [4.78, 5) is 15.5. The lowest BCUT2D eigenvalue weighted by Gasteiger charge is -2.05. The molecular formula is C15H18ClNO5S. The first-order valence-electron chi connectivity index (χ1n) is 6.76. The van der Waals surface area contributed by atoms with Gasteiger partial charge in [-0.05, 0) is 26.0 Å². The molecule has 0 bridgehead atoms. The highest BCUT2D eigenvalue weighted by Crippen LogP contribution is 2.12. The monoisotopic (exact) mass is 359 g/mol. The van der Waals surface area contributed by atoms with E-state index in [1.807, 2.05) is 6.92 Å². The van der Waals surface area contributed by atoms with Crippen LogP contribution in [0, 0.1) is 6.92 Å². The third-order valence-corrected chi connectivity index (χ3v) is 4.51. The average molecular weight is 360 g/mol. The van der Waals surface area contributed by atoms with E-state index >= 15 is 0 Å². The van der Waals surface area contributed by atoms with Crippen LogP contribution in [0.2, 0.25) is 0 Å². The minimum Gasteiger partial charge on any atom is -0.510 e. The number of nitrogens with zero attached hydrogens (tertiary/aromatic N) is 1. The van der Waals surface area contributed by atoms with E-state index < -0.39 is 27.4 Å². The van der Waals surface area contributed by atoms with Gasteiger partial charge in [0.05, 0.1) is 17.4 Å². The lowest BCUT2D eigenvalue weighted by atomic mass is 10.2. The van der Waals surface area contributed by atoms with Gasteiger partial charge in [0.25, 0.3) is 0 Å². The maximum absolute atomic E-state index is 12.1. The number of halogens is 1. The molecule has 0 aliphatic heterocycles. The summed E-state index contributed by atoms with van der Waals surface area (Å²) in [5.74, 6) is -2.12. The average Bonchev–Trinajstić information content (AvgIpc) is 2.51. The van der Waals surface area contributed by atoms with Crippen molar-refractivity contribution in [1.82, 2.24) is 0 Å². The van der Waals surface area contributed by atoms with Crippen LogP contribution >= 0.6 is 11.6 Å². The molecule has 0 unspecified atom stereocenters. The zero-order chi connectivity index (χ0) is 17.5. The number of hydrogen-bond acceptors (Lipinski definition) is 6. The number of benzene rings is 1. The van der Waals surface area contributed by atoms with Crippen LogP contribution in [0.15, 0.2) is 45.5 Å². The maximum Gasteiger partial charge on any atom is 0.343 e. The highest BCUT2D eigenvalue weighted by molar-refractivity contribution is 7.91. The number of esters is 1. The number of alkyl halides is 1. The number of ether oxygens (including phenoxy) is 1. The van der Waals surface area contributed by atoms with Gasteiger partial charge in [-0.2, -0.15) is 0 Å². The molecule has 0 amide bonds. The second-order valence-corrected chi connectivity index (χ2v) is 6.81. The predicted molar refractivity (Wildman–Crippen MR) is 88.7 cm³/mol. The quantitative estimate of drug-likeness (QED) is 0.265. The summed E-state index contributed by atoms with van der Waals surface area (Å²) in [6.45, 7) is 3.56. The highest BCUT2D eigenvalue weighted by Gasteiger charge is 2.16. The lowest BCUT2D eigenvalue weighted by Crippen LogP contribution is -2.13. The van der Waals surface area contributed by atoms with Crippen LogP contribution in [-0.4, -0.2) is 44.1 Å². The molecule has 0 radical (unpaired) electrons. The van der Waals surface area contributed by atoms with Gasteiger partial charge in [-0.25, -0.2) is 13.2 Å². The van der Waals surface area contributed by atoms with Crippen LogP contribution in [0.5, 0.6) is 0 Å². The van der Waals surface area contributed by atoms with Crippen molar-refractivity contribution in [3.05, 3.63) is 41.2 Å². The van der Waals surface area contributed by atoms with Gasteiger partial charge < -0.3 is 9.84 Å². The maximum atomic E-state index is 12.1. The van der Waals surface area contributed by atoms with Gasteiger partial charge in [-0.1, -0.05) is 17.7 Å². The third kappa shape index (κ3) is 5.69. The Bertz CT molecular complexity index is 708. The fraction of sp³-hybridized carbons (Fsp3) is 0.333. The molecule has 0 aliphatic rings. The normalized spacial score (nSPS) is 13.0. The predicted octanol–water partition coefficient (Wildman–Crippen LogP) is 2.41. The minimum absolute atomic E-state index is 0.105. The molecule has 1 aromatic rings. The Morgan fingerprint density at radius 2 is 1.96 bits per heavy atom. The van der Waals surface area contributed by atoms with Crippen LogP contribution in [0.25, 0.3) is 0 Å². The molecule has 0 saturated heterocycles. The lowest BCUT2D eigenvalue weighted by molar-refractivity contribution is -0.138. The van der Waals surface area contributed by atoms with Crippen molar-refractivity contribution in [2.75, 3.05) is 18.4 Å². The Hall–Kier alpha value is -1.86. The molecule has 1 rings (SSSR count). The summed E-state index contributed by atoms with van der Waals surface area (Å²) in [5, 5.41) is 9.60. The zero-order valence-electron chi connectivity index (χ0n) is 12.8. The van der Waals surface area contributed by atoms with Crippen molar-refractivity contribution in [3.8, 4) is 0 Å². The summed E-state index contributed by atoms with van der Waals surface area (Å²) in [7, 11) is -3.63. The van der Waals surface area contributed by atoms with Gasteiger partial charge in [0.1, 0.15) is 17.2 Å². The first kappa shape index (κ1) is 19.2. The molecule has 0 aliphatic carbocycles. The molecule has 0 aromatic heterocycles. The van der Waals surface area contributed by atoms with Gasteiger partial charge in [0.15, 0.2) is 9.84 Å². The first-order valence-corrected chi connectivity index (χ1v) is 8.95. The number of hydrogen-bond donors (Lipinski definition) is 1. The van der Waals surface area contributed by atoms with Gasteiger partial charge in [-0.3, -0.25) is 4.99 Å². The number of rotatable bonds is 7. The number of aliphatic hydroxyl groups excluding tert-OH is 1. The van der Waals surface area contributed by atoms with Crippen molar-refractivity contribution in [2.24, 2.45) is 4.99 Å². The second kappa shape index (κ2) is 8.69. The van der Waals surface area contributed by atoms with Gasteiger partial charge in [-0.15, -0.1) is 11.6 Å². The summed E-state index contributed by atoms with van der Waals surface area (Å²) < 4.78 is 29.0. The number of carbonyl (C=O) groups is 1. The van der Waals surface area contributed by atoms with Crippen molar-refractivity contribution in [3.63, 3.8) is 0 Å². The first-order chi connectivity index (χ1) is 10.8. The van der Waals surface area contributed by atoms with Crippen LogP contribution in [0.4, 0.5) is 0 Å². The van der Waals surface area contributed by atoms with E-state index in [9.17, 15) is 18.3 Å². The van der Waals surface area contributed by atoms with Crippen molar-refractivity contribution < 1.29 is 23.1 Å². The van der Waals surface area contributed by atoms with Gasteiger partial charge >= 0.3 is 5.97 Å². The molecule has 0 saturated carbocycles. The fourth-order valence-corrected chi connectivity index (χ4v) is 2.69. The summed E-state index contributed by atoms with van der Waals surface area (Å²) in [6, 6.07) is 6.33. The molecule has 8 heteroatoms. The Balaban J connectivity index is 2.94. The molecule has 0 spiro atoms. The van der Waals surface area contributed by atoms with Crippen LogP contribution in [0.1, 0.15) is 12.5 Å². The van der Waals surface area contributed by atoms with E-state index in [1.54, 1.807) is 19.1 Å². The molecule has 1 aromatic carbocycles. The second-order valence-electron chi connectivity index (χ2n) is 4.58. The molecular weight excluding hydrogens is 342 g/mol. The Morgan fingerprint density at radius 1 is 1.35 bits per heavy atom. The third-order valence-electron chi connectivity index (χ3n) is 2.78. The Kier molecular flexibility index (Phi) is 7.25. The van der Waals surface area contributed by atoms with E-state index in [2.05, 4.69) is 4.99 Å². The van der Waals surface area contributed by atoms with Crippen molar-refractivity contribution in [1.29, 1.82) is 0 Å². The van der Waals surface area contributed by atoms with E-state index in [4.69, 9.17) is 16.3 Å².